The minimum absolute atomic E-state index is 0. The topological polar surface area (TPSA) is 64.3 Å². The number of hydrogen-bond acceptors (Lipinski definition) is 3. The van der Waals surface area contributed by atoms with Crippen LogP contribution in [0.3, 0.4) is 0 Å². The summed E-state index contributed by atoms with van der Waals surface area (Å²) in [5.74, 6) is 1.55. The normalized spacial score (nSPS) is 20.3. The minimum Gasteiger partial charge on any atom is -0.494 e. The van der Waals surface area contributed by atoms with Crippen LogP contribution in [0.25, 0.3) is 0 Å². The van der Waals surface area contributed by atoms with Crippen molar-refractivity contribution in [2.24, 2.45) is 17.6 Å². The van der Waals surface area contributed by atoms with Gasteiger partial charge in [0.1, 0.15) is 5.75 Å². The Morgan fingerprint density at radius 1 is 1.36 bits per heavy atom. The van der Waals surface area contributed by atoms with Gasteiger partial charge in [0, 0.05) is 12.5 Å². The molecule has 2 rings (SSSR count). The molecule has 1 aromatic rings. The quantitative estimate of drug-likeness (QED) is 0.809. The van der Waals surface area contributed by atoms with E-state index in [0.717, 1.165) is 37.0 Å². The summed E-state index contributed by atoms with van der Waals surface area (Å²) in [6.45, 7) is 3.90. The number of halogens is 1. The van der Waals surface area contributed by atoms with Crippen LogP contribution in [0.4, 0.5) is 0 Å². The Balaban J connectivity index is 0.00000242. The molecule has 1 fully saturated rings. The number of para-hydroxylation sites is 1. The average molecular weight is 327 g/mol. The van der Waals surface area contributed by atoms with Gasteiger partial charge in [0.2, 0.25) is 5.91 Å². The maximum absolute atomic E-state index is 12.2. The van der Waals surface area contributed by atoms with E-state index in [1.165, 1.54) is 0 Å². The highest BCUT2D eigenvalue weighted by molar-refractivity contribution is 5.85. The zero-order chi connectivity index (χ0) is 15.1. The summed E-state index contributed by atoms with van der Waals surface area (Å²) in [4.78, 5) is 12.2. The number of carbonyl (C=O) groups is 1. The van der Waals surface area contributed by atoms with E-state index in [4.69, 9.17) is 10.5 Å². The van der Waals surface area contributed by atoms with E-state index in [-0.39, 0.29) is 24.2 Å². The van der Waals surface area contributed by atoms with Gasteiger partial charge >= 0.3 is 0 Å². The molecule has 1 saturated carbocycles. The second-order valence-electron chi connectivity index (χ2n) is 5.61. The fraction of sp³-hybridized carbons (Fsp3) is 0.588. The molecule has 0 spiro atoms. The van der Waals surface area contributed by atoms with Crippen molar-refractivity contribution < 1.29 is 9.53 Å². The van der Waals surface area contributed by atoms with Gasteiger partial charge in [0.25, 0.3) is 0 Å². The number of carbonyl (C=O) groups excluding carboxylic acids is 1. The molecule has 0 radical (unpaired) electrons. The summed E-state index contributed by atoms with van der Waals surface area (Å²) >= 11 is 0. The van der Waals surface area contributed by atoms with Gasteiger partial charge in [-0.1, -0.05) is 24.6 Å². The molecular weight excluding hydrogens is 300 g/mol. The summed E-state index contributed by atoms with van der Waals surface area (Å²) in [7, 11) is 0. The van der Waals surface area contributed by atoms with E-state index < -0.39 is 0 Å². The van der Waals surface area contributed by atoms with Crippen LogP contribution in [0.2, 0.25) is 0 Å². The standard InChI is InChI=1S/C17H26N2O2.ClH/c1-2-21-16-9-4-3-6-13(16)10-11-19-17(20)15-8-5-7-14(15)12-18;/h3-4,6,9,14-15H,2,5,7-8,10-12,18H2,1H3,(H,19,20);1H/t14-,15-;/m1./s1. The summed E-state index contributed by atoms with van der Waals surface area (Å²) in [5.41, 5.74) is 6.88. The first-order valence-electron chi connectivity index (χ1n) is 7.94. The largest absolute Gasteiger partial charge is 0.494 e. The van der Waals surface area contributed by atoms with Crippen molar-refractivity contribution >= 4 is 18.3 Å². The number of ether oxygens (including phenoxy) is 1. The van der Waals surface area contributed by atoms with E-state index in [1.807, 2.05) is 25.1 Å². The lowest BCUT2D eigenvalue weighted by Gasteiger charge is -2.17. The van der Waals surface area contributed by atoms with E-state index in [2.05, 4.69) is 11.4 Å². The SMILES string of the molecule is CCOc1ccccc1CCNC(=O)[C@@H]1CCC[C@@H]1CN.Cl. The van der Waals surface area contributed by atoms with Crippen molar-refractivity contribution in [1.82, 2.24) is 5.32 Å². The Bertz CT molecular complexity index is 468. The maximum atomic E-state index is 12.2. The minimum atomic E-state index is 0. The number of benzene rings is 1. The molecule has 0 heterocycles. The Labute approximate surface area is 139 Å². The summed E-state index contributed by atoms with van der Waals surface area (Å²) in [6.07, 6.45) is 3.97. The third kappa shape index (κ3) is 4.89. The third-order valence-electron chi connectivity index (χ3n) is 4.26. The molecular formula is C17H27ClN2O2. The van der Waals surface area contributed by atoms with E-state index in [1.54, 1.807) is 0 Å². The number of nitrogens with one attached hydrogen (secondary N) is 1. The van der Waals surface area contributed by atoms with Crippen molar-refractivity contribution in [3.8, 4) is 5.75 Å². The van der Waals surface area contributed by atoms with Gasteiger partial charge in [-0.25, -0.2) is 0 Å². The van der Waals surface area contributed by atoms with E-state index in [0.29, 0.717) is 25.6 Å². The molecule has 0 bridgehead atoms. The third-order valence-corrected chi connectivity index (χ3v) is 4.26. The van der Waals surface area contributed by atoms with E-state index >= 15 is 0 Å². The fourth-order valence-electron chi connectivity index (χ4n) is 3.12. The number of rotatable bonds is 7. The molecule has 0 aliphatic heterocycles. The second kappa shape index (κ2) is 9.70. The Hall–Kier alpha value is -1.26. The highest BCUT2D eigenvalue weighted by Gasteiger charge is 2.31. The van der Waals surface area contributed by atoms with Gasteiger partial charge in [0.15, 0.2) is 0 Å². The number of amides is 1. The lowest BCUT2D eigenvalue weighted by molar-refractivity contribution is -0.125. The molecule has 0 unspecified atom stereocenters. The van der Waals surface area contributed by atoms with Gasteiger partial charge in [-0.15, -0.1) is 12.4 Å². The smallest absolute Gasteiger partial charge is 0.223 e. The first kappa shape index (κ1) is 18.8. The predicted octanol–water partition coefficient (Wildman–Crippen LogP) is 2.54. The number of nitrogens with two attached hydrogens (primary N) is 1. The van der Waals surface area contributed by atoms with Crippen molar-refractivity contribution in [3.05, 3.63) is 29.8 Å². The average Bonchev–Trinajstić information content (AvgIpc) is 2.98. The molecule has 1 aliphatic carbocycles. The molecule has 0 aromatic heterocycles. The molecule has 4 nitrogen and oxygen atoms in total. The zero-order valence-corrected chi connectivity index (χ0v) is 14.0. The maximum Gasteiger partial charge on any atom is 0.223 e. The van der Waals surface area contributed by atoms with Crippen LogP contribution in [-0.2, 0) is 11.2 Å². The highest BCUT2D eigenvalue weighted by Crippen LogP contribution is 2.30. The first-order valence-corrected chi connectivity index (χ1v) is 7.94. The van der Waals surface area contributed by atoms with Crippen LogP contribution in [0, 0.1) is 11.8 Å². The molecule has 2 atom stereocenters. The molecule has 5 heteroatoms. The highest BCUT2D eigenvalue weighted by atomic mass is 35.5. The molecule has 1 aromatic carbocycles. The lowest BCUT2D eigenvalue weighted by Crippen LogP contribution is -2.36. The number of hydrogen-bond donors (Lipinski definition) is 2. The molecule has 124 valence electrons. The summed E-state index contributed by atoms with van der Waals surface area (Å²) in [6, 6.07) is 8.00. The first-order chi connectivity index (χ1) is 10.3. The molecule has 22 heavy (non-hydrogen) atoms. The zero-order valence-electron chi connectivity index (χ0n) is 13.2. The van der Waals surface area contributed by atoms with Crippen molar-refractivity contribution in [2.75, 3.05) is 19.7 Å². The molecule has 1 aliphatic rings. The van der Waals surface area contributed by atoms with E-state index in [9.17, 15) is 4.79 Å². The monoisotopic (exact) mass is 326 g/mol. The van der Waals surface area contributed by atoms with Gasteiger partial charge in [-0.05, 0) is 50.3 Å². The van der Waals surface area contributed by atoms with Crippen LogP contribution in [0.1, 0.15) is 31.7 Å². The lowest BCUT2D eigenvalue weighted by atomic mass is 9.95. The Morgan fingerprint density at radius 3 is 2.86 bits per heavy atom. The van der Waals surface area contributed by atoms with Gasteiger partial charge in [0.05, 0.1) is 6.61 Å². The Kier molecular flexibility index (Phi) is 8.28. The van der Waals surface area contributed by atoms with Crippen molar-refractivity contribution in [2.45, 2.75) is 32.6 Å². The van der Waals surface area contributed by atoms with Crippen molar-refractivity contribution in [3.63, 3.8) is 0 Å². The Morgan fingerprint density at radius 2 is 2.14 bits per heavy atom. The van der Waals surface area contributed by atoms with Crippen LogP contribution >= 0.6 is 12.4 Å². The molecule has 3 N–H and O–H groups in total. The van der Waals surface area contributed by atoms with Gasteiger partial charge in [-0.3, -0.25) is 4.79 Å². The van der Waals surface area contributed by atoms with Crippen LogP contribution in [0.5, 0.6) is 5.75 Å². The predicted molar refractivity (Wildman–Crippen MR) is 91.5 cm³/mol. The van der Waals surface area contributed by atoms with Gasteiger partial charge in [-0.2, -0.15) is 0 Å². The van der Waals surface area contributed by atoms with Crippen LogP contribution < -0.4 is 15.8 Å². The summed E-state index contributed by atoms with van der Waals surface area (Å²) in [5, 5.41) is 3.06. The van der Waals surface area contributed by atoms with Crippen molar-refractivity contribution in [1.29, 1.82) is 0 Å². The van der Waals surface area contributed by atoms with Crippen LogP contribution in [0.15, 0.2) is 24.3 Å². The molecule has 1 amide bonds. The summed E-state index contributed by atoms with van der Waals surface area (Å²) < 4.78 is 5.60. The van der Waals surface area contributed by atoms with Crippen LogP contribution in [-0.4, -0.2) is 25.6 Å². The second-order valence-corrected chi connectivity index (χ2v) is 5.61. The molecule has 0 saturated heterocycles. The van der Waals surface area contributed by atoms with Gasteiger partial charge < -0.3 is 15.8 Å². The fourth-order valence-corrected chi connectivity index (χ4v) is 3.12.